The summed E-state index contributed by atoms with van der Waals surface area (Å²) >= 11 is -2.26. The molecule has 144 valence electrons. The van der Waals surface area contributed by atoms with Gasteiger partial charge in [-0.2, -0.15) is 0 Å². The molecule has 2 aliphatic carbocycles. The molecule has 0 N–H and O–H groups in total. The first-order chi connectivity index (χ1) is 12.2. The first kappa shape index (κ1) is 24.4. The minimum absolute atomic E-state index is 0. The fraction of sp³-hybridized carbons (Fsp3) is 0.217. The molecule has 2 unspecified atom stereocenters. The third-order valence-electron chi connectivity index (χ3n) is 5.38. The van der Waals surface area contributed by atoms with Gasteiger partial charge in [-0.05, 0) is 0 Å². The molecule has 0 radical (unpaired) electrons. The van der Waals surface area contributed by atoms with Crippen molar-refractivity contribution in [3.05, 3.63) is 92.8 Å². The first-order valence-corrected chi connectivity index (χ1v) is 22.9. The van der Waals surface area contributed by atoms with E-state index in [-0.39, 0.29) is 24.8 Å². The van der Waals surface area contributed by atoms with Crippen LogP contribution >= 0.6 is 24.8 Å². The van der Waals surface area contributed by atoms with Gasteiger partial charge in [0.15, 0.2) is 0 Å². The average Bonchev–Trinajstić information content (AvgIpc) is 3.32. The molecule has 2 aromatic rings. The molecule has 0 saturated heterocycles. The van der Waals surface area contributed by atoms with Gasteiger partial charge in [0.05, 0.1) is 0 Å². The summed E-state index contributed by atoms with van der Waals surface area (Å²) in [6.07, 6.45) is 11.0. The normalized spacial score (nSPS) is 18.7. The Hall–Kier alpha value is -0.660. The summed E-state index contributed by atoms with van der Waals surface area (Å²) in [5, 5.41) is 0. The third-order valence-corrected chi connectivity index (χ3v) is 22.8. The number of allylic oxidation sites excluding steroid dienone is 5. The van der Waals surface area contributed by atoms with E-state index in [1.165, 1.54) is 30.5 Å². The summed E-state index contributed by atoms with van der Waals surface area (Å²) in [6.45, 7) is 4.00. The number of rotatable bonds is 3. The molecule has 0 nitrogen and oxygen atoms in total. The Morgan fingerprint density at radius 1 is 0.926 bits per heavy atom. The van der Waals surface area contributed by atoms with Crippen molar-refractivity contribution in [2.24, 2.45) is 0 Å². The number of hydrogen-bond donors (Lipinski definition) is 0. The molecule has 0 aromatic heterocycles. The van der Waals surface area contributed by atoms with Crippen LogP contribution in [0.5, 0.6) is 0 Å². The van der Waals surface area contributed by atoms with Gasteiger partial charge in [0.2, 0.25) is 0 Å². The predicted molar refractivity (Wildman–Crippen MR) is 127 cm³/mol. The molecule has 4 heteroatoms. The maximum absolute atomic E-state index is 2.66. The van der Waals surface area contributed by atoms with Crippen molar-refractivity contribution in [3.63, 3.8) is 0 Å². The van der Waals surface area contributed by atoms with Crippen molar-refractivity contribution >= 4 is 43.8 Å². The van der Waals surface area contributed by atoms with Gasteiger partial charge >= 0.3 is 146 Å². The van der Waals surface area contributed by atoms with Gasteiger partial charge in [-0.25, -0.2) is 0 Å². The second-order valence-electron chi connectivity index (χ2n) is 7.09. The van der Waals surface area contributed by atoms with Crippen molar-refractivity contribution in [1.82, 2.24) is 0 Å². The molecular weight excluding hydrogens is 466 g/mol. The second-order valence-corrected chi connectivity index (χ2v) is 30.9. The van der Waals surface area contributed by atoms with Gasteiger partial charge in [0.25, 0.3) is 0 Å². The molecule has 2 atom stereocenters. The van der Waals surface area contributed by atoms with E-state index < -0.39 is 19.4 Å². The number of benzene rings is 2. The minimum atomic E-state index is -2.26. The van der Waals surface area contributed by atoms with E-state index in [2.05, 4.69) is 83.5 Å². The quantitative estimate of drug-likeness (QED) is 0.427. The standard InChI is InChI=1S/C11H9.C9H7.C2H6.CH3.2ClH.H3Si.Zr/c1-2-6-10(7-3-1)11-8-4-5-9-11;1-2-5-9-7-3-6-8(9)4-1;1-2;;;;;/h1-3,6-9H,4H2;1-7H;1-2H3;1H3;2*1H;1H3;. The van der Waals surface area contributed by atoms with Crippen LogP contribution in [0.2, 0.25) is 4.63 Å². The van der Waals surface area contributed by atoms with Gasteiger partial charge in [0.1, 0.15) is 0 Å². The zero-order chi connectivity index (χ0) is 17.9. The summed E-state index contributed by atoms with van der Waals surface area (Å²) in [6, 6.07) is 19.8. The topological polar surface area (TPSA) is 0 Å². The molecule has 0 saturated carbocycles. The Morgan fingerprint density at radius 2 is 1.56 bits per heavy atom. The molecule has 0 heterocycles. The Kier molecular flexibility index (Phi) is 9.72. The van der Waals surface area contributed by atoms with Crippen LogP contribution in [0.1, 0.15) is 40.6 Å². The van der Waals surface area contributed by atoms with Gasteiger partial charge in [-0.1, -0.05) is 13.8 Å². The zero-order valence-corrected chi connectivity index (χ0v) is 22.7. The monoisotopic (exact) mass is 494 g/mol. The molecule has 0 aliphatic heterocycles. The zero-order valence-electron chi connectivity index (χ0n) is 16.6. The van der Waals surface area contributed by atoms with Crippen molar-refractivity contribution < 1.29 is 19.4 Å². The average molecular weight is 497 g/mol. The van der Waals surface area contributed by atoms with Gasteiger partial charge in [-0.3, -0.25) is 0 Å². The molecular formula is C23H30Cl2SiZr. The number of fused-ring (bicyclic) bond motifs is 1. The van der Waals surface area contributed by atoms with Crippen LogP contribution in [0.25, 0.3) is 11.6 Å². The predicted octanol–water partition coefficient (Wildman–Crippen LogP) is 6.48. The van der Waals surface area contributed by atoms with E-state index in [1.54, 1.807) is 8.84 Å². The molecule has 27 heavy (non-hydrogen) atoms. The van der Waals surface area contributed by atoms with Crippen molar-refractivity contribution in [2.45, 2.75) is 28.5 Å². The Balaban J connectivity index is 0.000000883. The second kappa shape index (κ2) is 10.8. The van der Waals surface area contributed by atoms with Crippen molar-refractivity contribution in [2.75, 3.05) is 0 Å². The molecule has 4 rings (SSSR count). The van der Waals surface area contributed by atoms with Crippen molar-refractivity contribution in [3.8, 4) is 0 Å². The molecule has 2 aliphatic rings. The maximum atomic E-state index is 2.66. The molecule has 0 amide bonds. The molecule has 0 bridgehead atoms. The SMILES string of the molecule is CC.Cl.Cl.[CH3][Zr]([SiH3])([C]1=CC(c2ccccc2)=CC1)[CH]1C=Cc2ccccc21. The van der Waals surface area contributed by atoms with Gasteiger partial charge < -0.3 is 0 Å². The fourth-order valence-electron chi connectivity index (χ4n) is 3.88. The van der Waals surface area contributed by atoms with Gasteiger partial charge in [-0.15, -0.1) is 24.8 Å². The van der Waals surface area contributed by atoms with E-state index >= 15 is 0 Å². The van der Waals surface area contributed by atoms with Crippen LogP contribution < -0.4 is 0 Å². The van der Waals surface area contributed by atoms with E-state index in [9.17, 15) is 0 Å². The van der Waals surface area contributed by atoms with Crippen molar-refractivity contribution in [1.29, 1.82) is 0 Å². The fourth-order valence-corrected chi connectivity index (χ4v) is 16.7. The number of halogens is 2. The summed E-state index contributed by atoms with van der Waals surface area (Å²) in [4.78, 5) is 0. The number of hydrogen-bond acceptors (Lipinski definition) is 0. The first-order valence-electron chi connectivity index (χ1n) is 9.40. The van der Waals surface area contributed by atoms with E-state index in [0.717, 1.165) is 3.63 Å². The van der Waals surface area contributed by atoms with Crippen LogP contribution in [0.4, 0.5) is 0 Å². The summed E-state index contributed by atoms with van der Waals surface area (Å²) < 4.78 is 5.20. The Bertz CT molecular complexity index is 838. The Labute approximate surface area is 183 Å². The van der Waals surface area contributed by atoms with Crippen LogP contribution in [0, 0.1) is 0 Å². The van der Waals surface area contributed by atoms with E-state index in [0.29, 0.717) is 0 Å². The van der Waals surface area contributed by atoms with E-state index in [4.69, 9.17) is 0 Å². The summed E-state index contributed by atoms with van der Waals surface area (Å²) in [5.41, 5.74) is 5.85. The van der Waals surface area contributed by atoms with Crippen LogP contribution in [-0.2, 0) is 19.4 Å². The van der Waals surface area contributed by atoms with Crippen LogP contribution in [0.15, 0.2) is 76.1 Å². The molecule has 2 aromatic carbocycles. The summed E-state index contributed by atoms with van der Waals surface area (Å²) in [7, 11) is 1.36. The summed E-state index contributed by atoms with van der Waals surface area (Å²) in [5.74, 6) is 0. The van der Waals surface area contributed by atoms with E-state index in [1.807, 2.05) is 13.8 Å². The molecule has 0 spiro atoms. The molecule has 0 fully saturated rings. The Morgan fingerprint density at radius 3 is 2.26 bits per heavy atom. The third kappa shape index (κ3) is 5.04. The van der Waals surface area contributed by atoms with Crippen LogP contribution in [-0.4, -0.2) is 7.37 Å². The van der Waals surface area contributed by atoms with Crippen LogP contribution in [0.3, 0.4) is 0 Å². The van der Waals surface area contributed by atoms with Gasteiger partial charge in [0, 0.05) is 0 Å².